The molecule has 1 heterocycles. The van der Waals surface area contributed by atoms with Crippen LogP contribution in [0.25, 0.3) is 0 Å². The van der Waals surface area contributed by atoms with Crippen LogP contribution in [0, 0.1) is 0 Å². The van der Waals surface area contributed by atoms with Crippen molar-refractivity contribution in [2.75, 3.05) is 17.2 Å². The number of aliphatic hydroxyl groups excluding tert-OH is 1. The molecule has 24 heavy (non-hydrogen) atoms. The lowest BCUT2D eigenvalue weighted by atomic mass is 10.1. The molecular formula is C18H22N2O3S. The highest BCUT2D eigenvalue weighted by Gasteiger charge is 2.39. The molecule has 3 N–H and O–H groups in total. The first-order valence-electron chi connectivity index (χ1n) is 7.94. The Morgan fingerprint density at radius 1 is 0.958 bits per heavy atom. The standard InChI is InChI=1S/C18H22N2O3S/c19-16-8-6-15(7-9-16)11-20(10-14-4-2-1-3-5-14)17-12-24(22,23)13-18(17)21/h1-9,17-18,21H,10-13,19H2/t17-,18+/m1/s1. The molecule has 0 spiro atoms. The minimum atomic E-state index is -3.19. The highest BCUT2D eigenvalue weighted by molar-refractivity contribution is 7.91. The second kappa shape index (κ2) is 6.93. The molecule has 5 nitrogen and oxygen atoms in total. The molecule has 0 aromatic heterocycles. The van der Waals surface area contributed by atoms with Crippen LogP contribution in [0.4, 0.5) is 5.69 Å². The van der Waals surface area contributed by atoms with Crippen molar-refractivity contribution in [3.8, 4) is 0 Å². The van der Waals surface area contributed by atoms with E-state index in [-0.39, 0.29) is 11.5 Å². The average molecular weight is 346 g/mol. The lowest BCUT2D eigenvalue weighted by Gasteiger charge is -2.30. The number of nitrogens with two attached hydrogens (primary N) is 1. The molecule has 1 fully saturated rings. The molecule has 2 aromatic carbocycles. The van der Waals surface area contributed by atoms with Gasteiger partial charge >= 0.3 is 0 Å². The molecule has 0 aliphatic carbocycles. The predicted octanol–water partition coefficient (Wildman–Crippen LogP) is 1.43. The van der Waals surface area contributed by atoms with Gasteiger partial charge in [0.15, 0.2) is 9.84 Å². The second-order valence-corrected chi connectivity index (χ2v) is 8.50. The summed E-state index contributed by atoms with van der Waals surface area (Å²) in [6.45, 7) is 1.15. The molecular weight excluding hydrogens is 324 g/mol. The molecule has 0 amide bonds. The molecule has 1 saturated heterocycles. The summed E-state index contributed by atoms with van der Waals surface area (Å²) >= 11 is 0. The third-order valence-electron chi connectivity index (χ3n) is 4.36. The minimum Gasteiger partial charge on any atom is -0.399 e. The van der Waals surface area contributed by atoms with Gasteiger partial charge in [-0.2, -0.15) is 0 Å². The van der Waals surface area contributed by atoms with Gasteiger partial charge in [0.2, 0.25) is 0 Å². The number of nitrogens with zero attached hydrogens (tertiary/aromatic N) is 1. The number of hydrogen-bond donors (Lipinski definition) is 2. The maximum absolute atomic E-state index is 11.9. The number of nitrogen functional groups attached to an aromatic ring is 1. The van der Waals surface area contributed by atoms with Gasteiger partial charge in [0, 0.05) is 18.8 Å². The molecule has 3 rings (SSSR count). The van der Waals surface area contributed by atoms with Gasteiger partial charge in [-0.15, -0.1) is 0 Å². The molecule has 0 bridgehead atoms. The van der Waals surface area contributed by atoms with Crippen LogP contribution < -0.4 is 5.73 Å². The van der Waals surface area contributed by atoms with Crippen molar-refractivity contribution in [2.24, 2.45) is 0 Å². The second-order valence-electron chi connectivity index (χ2n) is 6.34. The first kappa shape index (κ1) is 17.0. The van der Waals surface area contributed by atoms with Crippen LogP contribution in [0.5, 0.6) is 0 Å². The molecule has 0 radical (unpaired) electrons. The van der Waals surface area contributed by atoms with E-state index in [9.17, 15) is 13.5 Å². The van der Waals surface area contributed by atoms with Gasteiger partial charge in [-0.3, -0.25) is 4.90 Å². The third kappa shape index (κ3) is 4.14. The summed E-state index contributed by atoms with van der Waals surface area (Å²) < 4.78 is 23.8. The Balaban J connectivity index is 1.84. The molecule has 1 aliphatic rings. The van der Waals surface area contributed by atoms with Crippen molar-refractivity contribution in [3.05, 3.63) is 65.7 Å². The fraction of sp³-hybridized carbons (Fsp3) is 0.333. The molecule has 2 aromatic rings. The van der Waals surface area contributed by atoms with Crippen LogP contribution in [0.1, 0.15) is 11.1 Å². The van der Waals surface area contributed by atoms with Crippen LogP contribution in [0.15, 0.2) is 54.6 Å². The van der Waals surface area contributed by atoms with E-state index in [4.69, 9.17) is 5.73 Å². The highest BCUT2D eigenvalue weighted by atomic mass is 32.2. The van der Waals surface area contributed by atoms with Crippen LogP contribution in [0.3, 0.4) is 0 Å². The van der Waals surface area contributed by atoms with Crippen molar-refractivity contribution in [1.29, 1.82) is 0 Å². The monoisotopic (exact) mass is 346 g/mol. The number of hydrogen-bond acceptors (Lipinski definition) is 5. The van der Waals surface area contributed by atoms with Crippen molar-refractivity contribution in [3.63, 3.8) is 0 Å². The quantitative estimate of drug-likeness (QED) is 0.800. The molecule has 128 valence electrons. The van der Waals surface area contributed by atoms with E-state index < -0.39 is 22.0 Å². The Bertz CT molecular complexity index is 776. The summed E-state index contributed by atoms with van der Waals surface area (Å²) in [5, 5.41) is 10.3. The highest BCUT2D eigenvalue weighted by Crippen LogP contribution is 2.23. The molecule has 2 atom stereocenters. The fourth-order valence-corrected chi connectivity index (χ4v) is 4.96. The Morgan fingerprint density at radius 2 is 1.54 bits per heavy atom. The number of rotatable bonds is 5. The zero-order valence-electron chi connectivity index (χ0n) is 13.4. The summed E-state index contributed by atoms with van der Waals surface area (Å²) in [6, 6.07) is 17.0. The van der Waals surface area contributed by atoms with Gasteiger partial charge in [-0.25, -0.2) is 8.42 Å². The SMILES string of the molecule is Nc1ccc(CN(Cc2ccccc2)[C@@H]2CS(=O)(=O)C[C@@H]2O)cc1. The summed E-state index contributed by atoms with van der Waals surface area (Å²) in [4.78, 5) is 2.04. The smallest absolute Gasteiger partial charge is 0.154 e. The summed E-state index contributed by atoms with van der Waals surface area (Å²) in [6.07, 6.45) is -0.854. The predicted molar refractivity (Wildman–Crippen MR) is 95.0 cm³/mol. The number of benzene rings is 2. The Kier molecular flexibility index (Phi) is 4.89. The van der Waals surface area contributed by atoms with Crippen molar-refractivity contribution >= 4 is 15.5 Å². The van der Waals surface area contributed by atoms with Crippen LogP contribution in [-0.4, -0.2) is 42.1 Å². The zero-order valence-corrected chi connectivity index (χ0v) is 14.2. The topological polar surface area (TPSA) is 83.6 Å². The van der Waals surface area contributed by atoms with Crippen molar-refractivity contribution < 1.29 is 13.5 Å². The lowest BCUT2D eigenvalue weighted by Crippen LogP contribution is -2.42. The van der Waals surface area contributed by atoms with E-state index in [0.717, 1.165) is 11.1 Å². The van der Waals surface area contributed by atoms with Gasteiger partial charge in [-0.1, -0.05) is 42.5 Å². The number of aliphatic hydroxyl groups is 1. The van der Waals surface area contributed by atoms with Crippen molar-refractivity contribution in [2.45, 2.75) is 25.2 Å². The normalized spacial score (nSPS) is 22.8. The first-order valence-corrected chi connectivity index (χ1v) is 9.76. The van der Waals surface area contributed by atoms with E-state index in [1.165, 1.54) is 0 Å². The minimum absolute atomic E-state index is 0.00400. The molecule has 1 aliphatic heterocycles. The Hall–Kier alpha value is -1.89. The average Bonchev–Trinajstić information content (AvgIpc) is 2.83. The Morgan fingerprint density at radius 3 is 2.08 bits per heavy atom. The van der Waals surface area contributed by atoms with Gasteiger partial charge in [0.25, 0.3) is 0 Å². The van der Waals surface area contributed by atoms with Crippen LogP contribution in [0.2, 0.25) is 0 Å². The fourth-order valence-electron chi connectivity index (χ4n) is 3.13. The van der Waals surface area contributed by atoms with E-state index in [1.807, 2.05) is 59.5 Å². The van der Waals surface area contributed by atoms with E-state index >= 15 is 0 Å². The molecule has 0 saturated carbocycles. The van der Waals surface area contributed by atoms with Crippen LogP contribution >= 0.6 is 0 Å². The van der Waals surface area contributed by atoms with Crippen LogP contribution in [-0.2, 0) is 22.9 Å². The van der Waals surface area contributed by atoms with Gasteiger partial charge in [-0.05, 0) is 23.3 Å². The third-order valence-corrected chi connectivity index (χ3v) is 6.06. The summed E-state index contributed by atoms with van der Waals surface area (Å²) in [7, 11) is -3.19. The van der Waals surface area contributed by atoms with E-state index in [1.54, 1.807) is 0 Å². The summed E-state index contributed by atoms with van der Waals surface area (Å²) in [5.41, 5.74) is 8.55. The van der Waals surface area contributed by atoms with E-state index in [0.29, 0.717) is 18.8 Å². The van der Waals surface area contributed by atoms with Gasteiger partial charge < -0.3 is 10.8 Å². The maximum atomic E-state index is 11.9. The number of anilines is 1. The summed E-state index contributed by atoms with van der Waals surface area (Å²) in [5.74, 6) is -0.166. The maximum Gasteiger partial charge on any atom is 0.154 e. The van der Waals surface area contributed by atoms with Gasteiger partial charge in [0.1, 0.15) is 0 Å². The Labute approximate surface area is 142 Å². The van der Waals surface area contributed by atoms with Gasteiger partial charge in [0.05, 0.1) is 23.7 Å². The zero-order chi connectivity index (χ0) is 17.2. The lowest BCUT2D eigenvalue weighted by molar-refractivity contribution is 0.0731. The first-order chi connectivity index (χ1) is 11.4. The molecule has 6 heteroatoms. The number of sulfone groups is 1. The van der Waals surface area contributed by atoms with Crippen molar-refractivity contribution in [1.82, 2.24) is 4.90 Å². The largest absolute Gasteiger partial charge is 0.399 e. The molecule has 0 unspecified atom stereocenters. The van der Waals surface area contributed by atoms with E-state index in [2.05, 4.69) is 0 Å².